The summed E-state index contributed by atoms with van der Waals surface area (Å²) in [6.45, 7) is 0. The van der Waals surface area contributed by atoms with Gasteiger partial charge in [0.15, 0.2) is 0 Å². The van der Waals surface area contributed by atoms with E-state index in [9.17, 15) is 9.90 Å². The van der Waals surface area contributed by atoms with E-state index in [1.807, 2.05) is 12.1 Å². The van der Waals surface area contributed by atoms with Crippen LogP contribution in [0.3, 0.4) is 0 Å². The van der Waals surface area contributed by atoms with E-state index >= 15 is 0 Å². The van der Waals surface area contributed by atoms with E-state index in [0.29, 0.717) is 4.34 Å². The summed E-state index contributed by atoms with van der Waals surface area (Å²) in [7, 11) is 1.81. The molecular weight excluding hydrogens is 246 g/mol. The summed E-state index contributed by atoms with van der Waals surface area (Å²) in [5.41, 5.74) is -0.636. The molecule has 0 amide bonds. The van der Waals surface area contributed by atoms with Crippen molar-refractivity contribution in [3.05, 3.63) is 21.3 Å². The van der Waals surface area contributed by atoms with Crippen LogP contribution in [-0.4, -0.2) is 18.1 Å². The normalized spacial score (nSPS) is 20.1. The summed E-state index contributed by atoms with van der Waals surface area (Å²) in [5, 5.41) is 12.5. The molecule has 1 aromatic heterocycles. The molecule has 1 unspecified atom stereocenters. The Morgan fingerprint density at radius 3 is 2.62 bits per heavy atom. The topological polar surface area (TPSA) is 49.3 Å². The predicted octanol–water partition coefficient (Wildman–Crippen LogP) is 2.92. The third-order valence-corrected chi connectivity index (χ3v) is 4.69. The van der Waals surface area contributed by atoms with Crippen molar-refractivity contribution >= 4 is 28.9 Å². The van der Waals surface area contributed by atoms with Crippen molar-refractivity contribution in [3.8, 4) is 0 Å². The number of aliphatic carboxylic acids is 1. The molecule has 1 aliphatic rings. The number of hydrogen-bond donors (Lipinski definition) is 2. The molecule has 3 nitrogen and oxygen atoms in total. The van der Waals surface area contributed by atoms with Gasteiger partial charge in [-0.25, -0.2) is 0 Å². The third-order valence-electron chi connectivity index (χ3n) is 3.39. The van der Waals surface area contributed by atoms with Crippen molar-refractivity contribution < 1.29 is 9.90 Å². The van der Waals surface area contributed by atoms with Gasteiger partial charge in [-0.05, 0) is 32.0 Å². The average molecular weight is 260 g/mol. The first-order valence-corrected chi connectivity index (χ1v) is 6.45. The van der Waals surface area contributed by atoms with E-state index < -0.39 is 11.4 Å². The number of carbonyl (C=O) groups is 1. The summed E-state index contributed by atoms with van der Waals surface area (Å²) in [6, 6.07) is 3.60. The molecule has 2 N–H and O–H groups in total. The van der Waals surface area contributed by atoms with Gasteiger partial charge in [0.05, 0.1) is 15.8 Å². The minimum atomic E-state index is -0.706. The Morgan fingerprint density at radius 2 is 2.31 bits per heavy atom. The highest BCUT2D eigenvalue weighted by molar-refractivity contribution is 7.16. The van der Waals surface area contributed by atoms with Crippen LogP contribution in [-0.2, 0) is 4.79 Å². The quantitative estimate of drug-likeness (QED) is 0.874. The van der Waals surface area contributed by atoms with Crippen molar-refractivity contribution in [3.63, 3.8) is 0 Å². The molecule has 1 aliphatic carbocycles. The van der Waals surface area contributed by atoms with E-state index in [1.54, 1.807) is 7.05 Å². The maximum atomic E-state index is 11.4. The van der Waals surface area contributed by atoms with Crippen LogP contribution in [0.2, 0.25) is 4.34 Å². The van der Waals surface area contributed by atoms with Gasteiger partial charge in [-0.1, -0.05) is 18.0 Å². The zero-order valence-corrected chi connectivity index (χ0v) is 10.6. The minimum Gasteiger partial charge on any atom is -0.481 e. The van der Waals surface area contributed by atoms with E-state index in [2.05, 4.69) is 5.32 Å². The van der Waals surface area contributed by atoms with Gasteiger partial charge >= 0.3 is 5.97 Å². The molecule has 0 aromatic carbocycles. The largest absolute Gasteiger partial charge is 0.481 e. The van der Waals surface area contributed by atoms with Crippen LogP contribution >= 0.6 is 22.9 Å². The Bertz CT molecular complexity index is 400. The predicted molar refractivity (Wildman–Crippen MR) is 65.0 cm³/mol. The Kier molecular flexibility index (Phi) is 3.24. The summed E-state index contributed by atoms with van der Waals surface area (Å²) in [4.78, 5) is 12.4. The summed E-state index contributed by atoms with van der Waals surface area (Å²) < 4.78 is 0.704. The van der Waals surface area contributed by atoms with Gasteiger partial charge in [0, 0.05) is 4.88 Å². The third kappa shape index (κ3) is 1.75. The number of rotatable bonds is 4. The fourth-order valence-electron chi connectivity index (χ4n) is 2.36. The molecular formula is C11H14ClNO2S. The molecule has 0 aliphatic heterocycles. The van der Waals surface area contributed by atoms with Crippen LogP contribution in [0, 0.1) is 5.41 Å². The van der Waals surface area contributed by atoms with Crippen LogP contribution in [0.25, 0.3) is 0 Å². The fraction of sp³-hybridized carbons (Fsp3) is 0.545. The Labute approximate surface area is 103 Å². The molecule has 2 rings (SSSR count). The van der Waals surface area contributed by atoms with Gasteiger partial charge in [0.25, 0.3) is 0 Å². The molecule has 16 heavy (non-hydrogen) atoms. The van der Waals surface area contributed by atoms with Gasteiger partial charge < -0.3 is 10.4 Å². The zero-order chi connectivity index (χ0) is 11.8. The lowest BCUT2D eigenvalue weighted by Crippen LogP contribution is -2.47. The number of carboxylic acid groups (broad SMARTS) is 1. The van der Waals surface area contributed by atoms with E-state index in [4.69, 9.17) is 11.6 Å². The number of thiophene rings is 1. The number of halogens is 1. The van der Waals surface area contributed by atoms with Gasteiger partial charge in [-0.2, -0.15) is 0 Å². The van der Waals surface area contributed by atoms with Crippen LogP contribution in [0.5, 0.6) is 0 Å². The maximum absolute atomic E-state index is 11.4. The highest BCUT2D eigenvalue weighted by Crippen LogP contribution is 2.51. The van der Waals surface area contributed by atoms with Gasteiger partial charge in [0.2, 0.25) is 0 Å². The Balaban J connectivity index is 2.31. The van der Waals surface area contributed by atoms with E-state index in [1.165, 1.54) is 11.3 Å². The standard InChI is InChI=1S/C11H14ClNO2S/c1-13-9(7-3-4-8(12)16-7)11(10(14)15)5-2-6-11/h3-4,9,13H,2,5-6H2,1H3,(H,14,15). The lowest BCUT2D eigenvalue weighted by Gasteiger charge is -2.43. The molecule has 0 spiro atoms. The van der Waals surface area contributed by atoms with Crippen molar-refractivity contribution in [2.24, 2.45) is 5.41 Å². The molecule has 0 bridgehead atoms. The second kappa shape index (κ2) is 4.35. The monoisotopic (exact) mass is 259 g/mol. The molecule has 0 radical (unpaired) electrons. The summed E-state index contributed by atoms with van der Waals surface area (Å²) in [6.07, 6.45) is 2.47. The van der Waals surface area contributed by atoms with Gasteiger partial charge in [0.1, 0.15) is 0 Å². The highest BCUT2D eigenvalue weighted by Gasteiger charge is 2.51. The Morgan fingerprint density at radius 1 is 1.62 bits per heavy atom. The molecule has 1 heterocycles. The summed E-state index contributed by atoms with van der Waals surface area (Å²) in [5.74, 6) is -0.706. The first kappa shape index (κ1) is 11.9. The van der Waals surface area contributed by atoms with E-state index in [-0.39, 0.29) is 6.04 Å². The van der Waals surface area contributed by atoms with Crippen molar-refractivity contribution in [2.45, 2.75) is 25.3 Å². The second-order valence-electron chi connectivity index (χ2n) is 4.18. The lowest BCUT2D eigenvalue weighted by molar-refractivity contribution is -0.157. The number of carboxylic acids is 1. The molecule has 1 atom stereocenters. The first-order chi connectivity index (χ1) is 7.60. The lowest BCUT2D eigenvalue weighted by atomic mass is 9.63. The molecule has 0 saturated heterocycles. The smallest absolute Gasteiger partial charge is 0.311 e. The molecule has 1 saturated carbocycles. The second-order valence-corrected chi connectivity index (χ2v) is 5.93. The molecule has 1 aromatic rings. The van der Waals surface area contributed by atoms with Crippen molar-refractivity contribution in [2.75, 3.05) is 7.05 Å². The minimum absolute atomic E-state index is 0.128. The SMILES string of the molecule is CNC(c1ccc(Cl)s1)C1(C(=O)O)CCC1. The number of hydrogen-bond acceptors (Lipinski definition) is 3. The van der Waals surface area contributed by atoms with Crippen LogP contribution < -0.4 is 5.32 Å². The average Bonchev–Trinajstić information content (AvgIpc) is 2.56. The van der Waals surface area contributed by atoms with E-state index in [0.717, 1.165) is 24.1 Å². The Hall–Kier alpha value is -0.580. The number of nitrogens with one attached hydrogen (secondary N) is 1. The summed E-state index contributed by atoms with van der Waals surface area (Å²) >= 11 is 7.35. The molecule has 88 valence electrons. The van der Waals surface area contributed by atoms with Gasteiger partial charge in [-0.15, -0.1) is 11.3 Å². The van der Waals surface area contributed by atoms with Gasteiger partial charge in [-0.3, -0.25) is 4.79 Å². The van der Waals surface area contributed by atoms with Crippen LogP contribution in [0.4, 0.5) is 0 Å². The fourth-order valence-corrected chi connectivity index (χ4v) is 3.65. The van der Waals surface area contributed by atoms with Crippen molar-refractivity contribution in [1.82, 2.24) is 5.32 Å². The zero-order valence-electron chi connectivity index (χ0n) is 9.00. The highest BCUT2D eigenvalue weighted by atomic mass is 35.5. The van der Waals surface area contributed by atoms with Crippen molar-refractivity contribution in [1.29, 1.82) is 0 Å². The molecule has 1 fully saturated rings. The first-order valence-electron chi connectivity index (χ1n) is 5.26. The molecule has 5 heteroatoms. The van der Waals surface area contributed by atoms with Crippen LogP contribution in [0.15, 0.2) is 12.1 Å². The maximum Gasteiger partial charge on any atom is 0.311 e. The van der Waals surface area contributed by atoms with Crippen LogP contribution in [0.1, 0.15) is 30.2 Å².